The molecule has 0 fully saturated rings. The Morgan fingerprint density at radius 2 is 1.85 bits per heavy atom. The van der Waals surface area contributed by atoms with E-state index in [4.69, 9.17) is 25.8 Å². The van der Waals surface area contributed by atoms with E-state index in [2.05, 4.69) is 4.98 Å². The van der Waals surface area contributed by atoms with Crippen molar-refractivity contribution in [1.29, 1.82) is 0 Å². The van der Waals surface area contributed by atoms with Gasteiger partial charge in [0.15, 0.2) is 17.3 Å². The van der Waals surface area contributed by atoms with E-state index in [1.165, 1.54) is 12.1 Å². The molecule has 6 nitrogen and oxygen atoms in total. The average molecular weight is 500 g/mol. The van der Waals surface area contributed by atoms with Gasteiger partial charge in [-0.15, -0.1) is 11.6 Å². The molecule has 0 aliphatic rings. The summed E-state index contributed by atoms with van der Waals surface area (Å²) in [5.74, 6) is -5.57. The summed E-state index contributed by atoms with van der Waals surface area (Å²) in [6, 6.07) is 8.50. The van der Waals surface area contributed by atoms with Gasteiger partial charge in [-0.2, -0.15) is 4.39 Å². The highest BCUT2D eigenvalue weighted by atomic mass is 35.5. The van der Waals surface area contributed by atoms with Crippen molar-refractivity contribution < 1.29 is 37.0 Å². The molecule has 0 N–H and O–H groups in total. The number of fused-ring (bicyclic) bond motifs is 1. The number of hydrogen-bond donors (Lipinski definition) is 0. The molecule has 3 aromatic rings. The SMILES string of the molecule is CCOC(=O)c1c(SC(Cl)CF)nc2c(OC)c(F)c(F)cc2c1OC(=O)c1ccccc1. The molecule has 0 aliphatic carbocycles. The molecule has 1 unspecified atom stereocenters. The maximum Gasteiger partial charge on any atom is 0.344 e. The van der Waals surface area contributed by atoms with E-state index in [9.17, 15) is 22.8 Å². The predicted molar refractivity (Wildman–Crippen MR) is 117 cm³/mol. The minimum atomic E-state index is -1.34. The zero-order valence-corrected chi connectivity index (χ0v) is 18.9. The molecule has 1 aromatic heterocycles. The van der Waals surface area contributed by atoms with Crippen molar-refractivity contribution in [1.82, 2.24) is 4.98 Å². The highest BCUT2D eigenvalue weighted by Gasteiger charge is 2.30. The number of carbonyl (C=O) groups is 2. The van der Waals surface area contributed by atoms with Crippen LogP contribution in [0.15, 0.2) is 41.4 Å². The van der Waals surface area contributed by atoms with Crippen LogP contribution in [0.25, 0.3) is 10.9 Å². The Morgan fingerprint density at radius 1 is 1.15 bits per heavy atom. The second-order valence-corrected chi connectivity index (χ2v) is 8.36. The minimum absolute atomic E-state index is 0.0540. The maximum atomic E-state index is 14.4. The van der Waals surface area contributed by atoms with Gasteiger partial charge in [-0.25, -0.2) is 23.4 Å². The molecule has 0 saturated carbocycles. The molecule has 0 bridgehead atoms. The third-order valence-corrected chi connectivity index (χ3v) is 5.58. The van der Waals surface area contributed by atoms with Gasteiger partial charge >= 0.3 is 11.9 Å². The van der Waals surface area contributed by atoms with Crippen LogP contribution in [-0.2, 0) is 4.74 Å². The van der Waals surface area contributed by atoms with Crippen LogP contribution in [0.5, 0.6) is 11.5 Å². The van der Waals surface area contributed by atoms with Gasteiger partial charge < -0.3 is 14.2 Å². The fourth-order valence-corrected chi connectivity index (χ4v) is 3.90. The summed E-state index contributed by atoms with van der Waals surface area (Å²) in [5, 5.41) is -0.437. The Labute approximate surface area is 196 Å². The lowest BCUT2D eigenvalue weighted by Gasteiger charge is -2.18. The molecule has 33 heavy (non-hydrogen) atoms. The van der Waals surface area contributed by atoms with Gasteiger partial charge in [0.05, 0.1) is 24.7 Å². The summed E-state index contributed by atoms with van der Waals surface area (Å²) in [5.41, 5.74) is -0.517. The van der Waals surface area contributed by atoms with E-state index in [0.717, 1.165) is 13.2 Å². The van der Waals surface area contributed by atoms with Gasteiger partial charge in [0.1, 0.15) is 27.5 Å². The third kappa shape index (κ3) is 5.17. The molecule has 2 aromatic carbocycles. The normalized spacial score (nSPS) is 11.8. The molecular weight excluding hydrogens is 483 g/mol. The maximum absolute atomic E-state index is 14.4. The number of nitrogens with zero attached hydrogens (tertiary/aromatic N) is 1. The van der Waals surface area contributed by atoms with Gasteiger partial charge in [0.2, 0.25) is 5.82 Å². The van der Waals surface area contributed by atoms with Crippen LogP contribution in [0.4, 0.5) is 13.2 Å². The van der Waals surface area contributed by atoms with Gasteiger partial charge in [-0.1, -0.05) is 30.0 Å². The lowest BCUT2D eigenvalue weighted by atomic mass is 10.1. The van der Waals surface area contributed by atoms with Crippen molar-refractivity contribution in [3.8, 4) is 11.5 Å². The van der Waals surface area contributed by atoms with Gasteiger partial charge in [0.25, 0.3) is 0 Å². The number of esters is 2. The summed E-state index contributed by atoms with van der Waals surface area (Å²) in [6.45, 7) is 0.489. The van der Waals surface area contributed by atoms with Crippen LogP contribution in [0.1, 0.15) is 27.6 Å². The third-order valence-electron chi connectivity index (χ3n) is 4.30. The average Bonchev–Trinajstić information content (AvgIpc) is 2.81. The number of rotatable bonds is 8. The number of aromatic nitrogens is 1. The van der Waals surface area contributed by atoms with E-state index in [0.29, 0.717) is 11.8 Å². The van der Waals surface area contributed by atoms with Crippen LogP contribution >= 0.6 is 23.4 Å². The first-order chi connectivity index (χ1) is 15.8. The van der Waals surface area contributed by atoms with E-state index in [1.807, 2.05) is 0 Å². The Balaban J connectivity index is 2.36. The number of benzene rings is 2. The van der Waals surface area contributed by atoms with Crippen molar-refractivity contribution in [2.24, 2.45) is 0 Å². The van der Waals surface area contributed by atoms with Crippen molar-refractivity contribution in [2.75, 3.05) is 20.4 Å². The largest absolute Gasteiger partial charge is 0.491 e. The van der Waals surface area contributed by atoms with Crippen LogP contribution in [-0.4, -0.2) is 42.0 Å². The molecular formula is C22H17ClF3NO5S. The van der Waals surface area contributed by atoms with E-state index >= 15 is 0 Å². The molecule has 0 amide bonds. The van der Waals surface area contributed by atoms with Gasteiger partial charge in [-0.05, 0) is 25.1 Å². The lowest BCUT2D eigenvalue weighted by molar-refractivity contribution is 0.0515. The van der Waals surface area contributed by atoms with Crippen LogP contribution in [0, 0.1) is 11.6 Å². The Bertz CT molecular complexity index is 1200. The van der Waals surface area contributed by atoms with E-state index < -0.39 is 46.5 Å². The van der Waals surface area contributed by atoms with Crippen LogP contribution < -0.4 is 9.47 Å². The molecule has 0 saturated heterocycles. The summed E-state index contributed by atoms with van der Waals surface area (Å²) in [7, 11) is 1.09. The first-order valence-corrected chi connectivity index (χ1v) is 10.8. The van der Waals surface area contributed by atoms with E-state index in [-0.39, 0.29) is 33.7 Å². The van der Waals surface area contributed by atoms with Crippen molar-refractivity contribution in [3.63, 3.8) is 0 Å². The first kappa shape index (κ1) is 24.7. The number of halogens is 4. The number of methoxy groups -OCH3 is 1. The number of alkyl halides is 2. The number of ether oxygens (including phenoxy) is 3. The Kier molecular flexibility index (Phi) is 8.04. The quantitative estimate of drug-likeness (QED) is 0.229. The molecule has 0 radical (unpaired) electrons. The fourth-order valence-electron chi connectivity index (χ4n) is 2.91. The lowest BCUT2D eigenvalue weighted by Crippen LogP contribution is -2.16. The predicted octanol–water partition coefficient (Wildman–Crippen LogP) is 5.54. The molecule has 1 atom stereocenters. The Hall–Kier alpha value is -2.98. The topological polar surface area (TPSA) is 74.7 Å². The zero-order valence-electron chi connectivity index (χ0n) is 17.4. The van der Waals surface area contributed by atoms with E-state index in [1.54, 1.807) is 25.1 Å². The summed E-state index contributed by atoms with van der Waals surface area (Å²) < 4.78 is 56.2. The molecule has 0 spiro atoms. The summed E-state index contributed by atoms with van der Waals surface area (Å²) >= 11 is 6.53. The second-order valence-electron chi connectivity index (χ2n) is 6.38. The van der Waals surface area contributed by atoms with Gasteiger partial charge in [-0.3, -0.25) is 0 Å². The van der Waals surface area contributed by atoms with Crippen LogP contribution in [0.3, 0.4) is 0 Å². The monoisotopic (exact) mass is 499 g/mol. The van der Waals surface area contributed by atoms with Crippen molar-refractivity contribution >= 4 is 46.2 Å². The standard InChI is InChI=1S/C22H17ClF3NO5S/c1-3-31-22(29)15-18(32-21(28)11-7-5-4-6-8-11)12-9-13(25)16(26)19(30-2)17(12)27-20(15)33-14(23)10-24/h4-9,14H,3,10H2,1-2H3. The highest BCUT2D eigenvalue weighted by molar-refractivity contribution is 8.01. The smallest absolute Gasteiger partial charge is 0.344 e. The number of thioether (sulfide) groups is 1. The molecule has 174 valence electrons. The van der Waals surface area contributed by atoms with Crippen molar-refractivity contribution in [2.45, 2.75) is 16.7 Å². The molecule has 11 heteroatoms. The number of carbonyl (C=O) groups excluding carboxylic acids is 2. The van der Waals surface area contributed by atoms with Gasteiger partial charge in [0, 0.05) is 0 Å². The molecule has 1 heterocycles. The first-order valence-electron chi connectivity index (χ1n) is 9.53. The summed E-state index contributed by atoms with van der Waals surface area (Å²) in [6.07, 6.45) is 0. The minimum Gasteiger partial charge on any atom is -0.491 e. The number of pyridine rings is 1. The fraction of sp³-hybridized carbons (Fsp3) is 0.227. The highest BCUT2D eigenvalue weighted by Crippen LogP contribution is 2.42. The molecule has 3 rings (SSSR count). The second kappa shape index (κ2) is 10.8. The number of hydrogen-bond acceptors (Lipinski definition) is 7. The zero-order chi connectivity index (χ0) is 24.1. The molecule has 0 aliphatic heterocycles. The summed E-state index contributed by atoms with van der Waals surface area (Å²) in [4.78, 5) is 29.8. The van der Waals surface area contributed by atoms with Crippen LogP contribution in [0.2, 0.25) is 0 Å². The van der Waals surface area contributed by atoms with Crippen molar-refractivity contribution in [3.05, 3.63) is 59.2 Å². The Morgan fingerprint density at radius 3 is 2.45 bits per heavy atom.